The minimum Gasteiger partial charge on any atom is -0.391 e. The molecule has 6 bridgehead atoms. The van der Waals surface area contributed by atoms with Crippen LogP contribution >= 0.6 is 0 Å². The lowest BCUT2D eigenvalue weighted by Gasteiger charge is -2.54. The van der Waals surface area contributed by atoms with E-state index in [2.05, 4.69) is 212 Å². The molecule has 18 aliphatic rings. The molecular formula is C95H193FN18O3. The maximum atomic E-state index is 12.9. The van der Waals surface area contributed by atoms with Gasteiger partial charge in [-0.15, -0.1) is 0 Å². The molecule has 0 aromatic carbocycles. The largest absolute Gasteiger partial charge is 0.391 e. The summed E-state index contributed by atoms with van der Waals surface area (Å²) in [5, 5.41) is 16.6. The van der Waals surface area contributed by atoms with Crippen molar-refractivity contribution in [1.82, 2.24) is 59.6 Å². The van der Waals surface area contributed by atoms with Crippen LogP contribution in [-0.2, 0) is 9.47 Å². The highest BCUT2D eigenvalue weighted by molar-refractivity contribution is 5.09. The molecule has 19 atom stereocenters. The lowest BCUT2D eigenvalue weighted by molar-refractivity contribution is -0.164. The highest BCUT2D eigenvalue weighted by Gasteiger charge is 2.52. The number of nitrogens with two attached hydrogens (primary N) is 6. The van der Waals surface area contributed by atoms with Crippen LogP contribution in [0.25, 0.3) is 0 Å². The van der Waals surface area contributed by atoms with E-state index >= 15 is 0 Å². The van der Waals surface area contributed by atoms with Crippen LogP contribution in [0.4, 0.5) is 4.39 Å². The summed E-state index contributed by atoms with van der Waals surface area (Å²) < 4.78 is 24.5. The molecule has 4 saturated carbocycles. The van der Waals surface area contributed by atoms with E-state index in [-0.39, 0.29) is 29.8 Å². The van der Waals surface area contributed by atoms with E-state index in [9.17, 15) is 9.50 Å². The van der Waals surface area contributed by atoms with Gasteiger partial charge in [-0.3, -0.25) is 39.2 Å². The van der Waals surface area contributed by atoms with Crippen molar-refractivity contribution < 1.29 is 19.0 Å². The second-order valence-electron chi connectivity index (χ2n) is 44.0. The number of morpholine rings is 1. The Bertz CT molecular complexity index is 2650. The van der Waals surface area contributed by atoms with Gasteiger partial charge in [0.2, 0.25) is 0 Å². The van der Waals surface area contributed by atoms with Gasteiger partial charge in [-0.05, 0) is 323 Å². The molecule has 21 nitrogen and oxygen atoms in total. The van der Waals surface area contributed by atoms with E-state index in [1.807, 2.05) is 0 Å². The monoisotopic (exact) mass is 1650 g/mol. The van der Waals surface area contributed by atoms with Gasteiger partial charge >= 0.3 is 0 Å². The van der Waals surface area contributed by atoms with Gasteiger partial charge in [0, 0.05) is 238 Å². The first-order valence-corrected chi connectivity index (χ1v) is 49.2. The predicted octanol–water partition coefficient (Wildman–Crippen LogP) is 10.6. The maximum absolute atomic E-state index is 12.9. The molecule has 688 valence electrons. The van der Waals surface area contributed by atoms with Crippen molar-refractivity contribution in [3.8, 4) is 0 Å². The van der Waals surface area contributed by atoms with Crippen molar-refractivity contribution in [1.29, 1.82) is 0 Å². The van der Waals surface area contributed by atoms with E-state index in [0.717, 1.165) is 120 Å². The van der Waals surface area contributed by atoms with Crippen LogP contribution in [0.2, 0.25) is 0 Å². The Balaban J connectivity index is 0.000000162. The van der Waals surface area contributed by atoms with Gasteiger partial charge in [0.1, 0.15) is 11.8 Å². The Morgan fingerprint density at radius 3 is 1.46 bits per heavy atom. The van der Waals surface area contributed by atoms with Gasteiger partial charge in [-0.1, -0.05) is 12.8 Å². The molecule has 0 radical (unpaired) electrons. The summed E-state index contributed by atoms with van der Waals surface area (Å²) in [7, 11) is 0. The summed E-state index contributed by atoms with van der Waals surface area (Å²) in [5.41, 5.74) is 36.8. The van der Waals surface area contributed by atoms with Crippen LogP contribution in [0, 0.1) is 40.9 Å². The number of likely N-dealkylation sites (tertiary alicyclic amines) is 9. The smallest absolute Gasteiger partial charge is 0.114 e. The number of nitrogens with zero attached hydrogens (tertiary/aromatic N) is 10. The number of ether oxygens (including phenoxy) is 2. The number of nitrogens with one attached hydrogen (secondary N) is 2. The lowest BCUT2D eigenvalue weighted by atomic mass is 9.73. The molecule has 14 aliphatic heterocycles. The Morgan fingerprint density at radius 1 is 0.419 bits per heavy atom. The van der Waals surface area contributed by atoms with Crippen molar-refractivity contribution in [3.63, 3.8) is 0 Å². The van der Waals surface area contributed by atoms with E-state index in [4.69, 9.17) is 43.9 Å². The summed E-state index contributed by atoms with van der Waals surface area (Å²) in [6.45, 7) is 74.5. The maximum Gasteiger partial charge on any atom is 0.114 e. The number of piperidine rings is 10. The highest BCUT2D eigenvalue weighted by atomic mass is 19.1. The molecule has 15 N–H and O–H groups in total. The van der Waals surface area contributed by atoms with Crippen molar-refractivity contribution in [3.05, 3.63) is 0 Å². The van der Waals surface area contributed by atoms with Crippen molar-refractivity contribution in [2.24, 2.45) is 75.3 Å². The standard InChI is InChI=1S/C11H22N2.C11H21NO.C11H21N.C10H20N2.2C9H18N2O.C9H18N2.C9H20N2.C8H17FN2.C8H18N2/c1-11(2,3)13-7-8-4-5-10(13)9(12)6-8;1-9(2)12-6-5-11-10(8-12)4-3-7-13-11;1-9(2)12-7-6-10-4-3-5-11(10)8-12;1-9(2)12-7-10(8-12)4-3-5-11-6-10;1-5(2)11-4-6-3-7(12)9(11)8(6)10;1-8(2)11-6-9(7-11)5-10-3-4-12-9;1-6(2)11-5-7-3-4-8(11)9(7)10;1-7(2)11-6-9(10)5-4-8(11)3;1-6(2)11-4-7(9)3-8(10)5-11;1-7(2)10-5-3-4-8(9)6-10/h8-10H,4-7,12H2,1-3H3;9-11H,3-8H2,1-2H3;9-11H,3-8H2,1-2H3;9,11H,3-8H2,1-2H3;5-9,12H,3-4,10H2,1-2H3;8,10H,3-7H2,1-2H3;6-9H,3-5,10H2,1-2H3;7-9H,4-6,10H2,1-3H3;6-8H,3-5,10H2,1-2H3;7-8H,3-6,9H2,1-2H3. The second kappa shape index (κ2) is 47.8. The minimum absolute atomic E-state index is 0.0288. The third kappa shape index (κ3) is 30.1. The fourth-order valence-corrected chi connectivity index (χ4v) is 23.3. The lowest BCUT2D eigenvalue weighted by Crippen LogP contribution is -2.70. The SMILES string of the molecule is CC(C)(C)N1CC2CCC1C(N)C2.CC(C)N1CC(N)CC(F)C1.CC(C)N1CC(N)CCC1C.CC(C)N1CC2(CCCNC2)C1.CC(C)N1CC2(CNCCO2)C1.CC(C)N1CC2CC(O)C1C2N.CC(C)N1CC2CCC1C2N.CC(C)N1CCC2CCCC2C1.CC(C)N1CCC2OCCCC2C1.CC(C)N1CCCC(N)C1. The number of aliphatic hydroxyl groups is 1. The Hall–Kier alpha value is -0.910. The molecule has 14 saturated heterocycles. The van der Waals surface area contributed by atoms with Gasteiger partial charge in [0.05, 0.1) is 24.9 Å². The van der Waals surface area contributed by atoms with Gasteiger partial charge < -0.3 is 69.4 Å². The summed E-state index contributed by atoms with van der Waals surface area (Å²) in [4.78, 5) is 24.8. The molecule has 117 heavy (non-hydrogen) atoms. The molecule has 18 rings (SSSR count). The molecule has 14 heterocycles. The number of rotatable bonds is 9. The molecular weight excluding hydrogens is 1460 g/mol. The van der Waals surface area contributed by atoms with Gasteiger partial charge in [-0.2, -0.15) is 0 Å². The zero-order valence-corrected chi connectivity index (χ0v) is 79.9. The molecule has 4 aliphatic carbocycles. The van der Waals surface area contributed by atoms with Gasteiger partial charge in [-0.25, -0.2) is 4.39 Å². The number of hydrogen-bond donors (Lipinski definition) is 9. The zero-order valence-electron chi connectivity index (χ0n) is 79.9. The van der Waals surface area contributed by atoms with Gasteiger partial charge in [0.25, 0.3) is 0 Å². The summed E-state index contributed by atoms with van der Waals surface area (Å²) in [6.07, 6.45) is 25.5. The number of halogens is 1. The summed E-state index contributed by atoms with van der Waals surface area (Å²) >= 11 is 0. The van der Waals surface area contributed by atoms with Crippen LogP contribution < -0.4 is 45.0 Å². The molecule has 0 amide bonds. The number of aliphatic hydroxyl groups excluding tert-OH is 1. The molecule has 2 spiro atoms. The number of hydrogen-bond acceptors (Lipinski definition) is 21. The molecule has 0 aromatic heterocycles. The third-order valence-electron chi connectivity index (χ3n) is 30.9. The van der Waals surface area contributed by atoms with E-state index in [1.165, 1.54) is 188 Å². The van der Waals surface area contributed by atoms with Crippen LogP contribution in [0.3, 0.4) is 0 Å². The van der Waals surface area contributed by atoms with Gasteiger partial charge in [0.15, 0.2) is 0 Å². The molecule has 22 heteroatoms. The molecule has 18 fully saturated rings. The van der Waals surface area contributed by atoms with Crippen molar-refractivity contribution in [2.75, 3.05) is 144 Å². The van der Waals surface area contributed by atoms with Crippen LogP contribution in [0.15, 0.2) is 0 Å². The Morgan fingerprint density at radius 2 is 0.983 bits per heavy atom. The van der Waals surface area contributed by atoms with Crippen LogP contribution in [0.1, 0.15) is 281 Å². The fraction of sp³-hybridized carbons (Fsp3) is 1.00. The average molecular weight is 1650 g/mol. The fourth-order valence-electron chi connectivity index (χ4n) is 23.3. The summed E-state index contributed by atoms with van der Waals surface area (Å²) in [5.74, 6) is 5.19. The quantitative estimate of drug-likeness (QED) is 0.104. The van der Waals surface area contributed by atoms with Crippen molar-refractivity contribution in [2.45, 2.75) is 425 Å². The molecule has 0 aromatic rings. The number of alkyl halides is 1. The van der Waals surface area contributed by atoms with E-state index in [0.29, 0.717) is 114 Å². The Labute approximate surface area is 719 Å². The Kier molecular flexibility index (Phi) is 41.4. The zero-order chi connectivity index (χ0) is 86.0. The van der Waals surface area contributed by atoms with E-state index in [1.54, 1.807) is 0 Å². The predicted molar refractivity (Wildman–Crippen MR) is 492 cm³/mol. The minimum atomic E-state index is -0.721. The van der Waals surface area contributed by atoms with E-state index < -0.39 is 6.17 Å². The number of fused-ring (bicyclic) bond motifs is 9. The average Bonchev–Trinajstić information content (AvgIpc) is 1.60. The third-order valence-corrected chi connectivity index (χ3v) is 30.9. The van der Waals surface area contributed by atoms with Crippen LogP contribution in [-0.4, -0.2) is 343 Å². The first-order valence-electron chi connectivity index (χ1n) is 49.2. The first-order chi connectivity index (χ1) is 55.2. The second-order valence-corrected chi connectivity index (χ2v) is 44.0. The topological polar surface area (TPSA) is 251 Å². The molecule has 19 unspecified atom stereocenters. The highest BCUT2D eigenvalue weighted by Crippen LogP contribution is 2.43. The van der Waals surface area contributed by atoms with Crippen molar-refractivity contribution >= 4 is 0 Å². The normalized spacial score (nSPS) is 36.5. The summed E-state index contributed by atoms with van der Waals surface area (Å²) in [6, 6.07) is 10.2. The van der Waals surface area contributed by atoms with Crippen LogP contribution in [0.5, 0.6) is 0 Å². The first kappa shape index (κ1) is 101.